The molecular weight excluding hydrogens is 212 g/mol. The third-order valence-corrected chi connectivity index (χ3v) is 3.49. The zero-order chi connectivity index (χ0) is 12.3. The summed E-state index contributed by atoms with van der Waals surface area (Å²) in [7, 11) is 0. The maximum absolute atomic E-state index is 5.44. The highest BCUT2D eigenvalue weighted by Crippen LogP contribution is 2.22. The van der Waals surface area contributed by atoms with Crippen LogP contribution < -0.4 is 5.32 Å². The standard InChI is InChI=1S/C14H24N2O/c1-14(2,3)13-11-16(8-5-7-15-13)10-12-6-4-9-17-12/h4,6,9,13,15H,5,7-8,10-11H2,1-3H3. The van der Waals surface area contributed by atoms with Crippen molar-refractivity contribution >= 4 is 0 Å². The lowest BCUT2D eigenvalue weighted by Crippen LogP contribution is -2.46. The zero-order valence-corrected chi connectivity index (χ0v) is 11.2. The van der Waals surface area contributed by atoms with Crippen molar-refractivity contribution in [3.63, 3.8) is 0 Å². The quantitative estimate of drug-likeness (QED) is 0.855. The number of furan rings is 1. The van der Waals surface area contributed by atoms with Crippen molar-refractivity contribution in [3.8, 4) is 0 Å². The Morgan fingerprint density at radius 1 is 1.47 bits per heavy atom. The highest BCUT2D eigenvalue weighted by Gasteiger charge is 2.28. The minimum absolute atomic E-state index is 0.311. The molecule has 0 radical (unpaired) electrons. The third kappa shape index (κ3) is 3.58. The molecule has 1 aliphatic heterocycles. The second-order valence-electron chi connectivity index (χ2n) is 6.04. The Kier molecular flexibility index (Phi) is 3.89. The minimum Gasteiger partial charge on any atom is -0.468 e. The topological polar surface area (TPSA) is 28.4 Å². The second kappa shape index (κ2) is 5.23. The molecule has 1 aromatic heterocycles. The third-order valence-electron chi connectivity index (χ3n) is 3.49. The molecule has 3 heteroatoms. The van der Waals surface area contributed by atoms with E-state index in [0.29, 0.717) is 11.5 Å². The van der Waals surface area contributed by atoms with Crippen molar-refractivity contribution < 1.29 is 4.42 Å². The lowest BCUT2D eigenvalue weighted by molar-refractivity contribution is 0.183. The predicted molar refractivity (Wildman–Crippen MR) is 69.8 cm³/mol. The van der Waals surface area contributed by atoms with E-state index in [4.69, 9.17) is 4.42 Å². The van der Waals surface area contributed by atoms with Gasteiger partial charge in [-0.1, -0.05) is 20.8 Å². The van der Waals surface area contributed by atoms with Gasteiger partial charge in [0.2, 0.25) is 0 Å². The predicted octanol–water partition coefficient (Wildman–Crippen LogP) is 2.49. The lowest BCUT2D eigenvalue weighted by Gasteiger charge is -2.33. The molecule has 3 nitrogen and oxygen atoms in total. The minimum atomic E-state index is 0.311. The Balaban J connectivity index is 1.97. The molecule has 1 aromatic rings. The number of rotatable bonds is 2. The summed E-state index contributed by atoms with van der Waals surface area (Å²) < 4.78 is 5.44. The van der Waals surface area contributed by atoms with E-state index in [0.717, 1.165) is 31.9 Å². The molecule has 96 valence electrons. The van der Waals surface area contributed by atoms with E-state index in [1.807, 2.05) is 6.07 Å². The summed E-state index contributed by atoms with van der Waals surface area (Å²) in [5.74, 6) is 1.07. The Bertz CT molecular complexity index is 326. The van der Waals surface area contributed by atoms with Gasteiger partial charge in [-0.2, -0.15) is 0 Å². The molecular formula is C14H24N2O. The summed E-state index contributed by atoms with van der Waals surface area (Å²) in [6, 6.07) is 4.58. The van der Waals surface area contributed by atoms with Crippen LogP contribution in [-0.4, -0.2) is 30.6 Å². The van der Waals surface area contributed by atoms with Crippen molar-refractivity contribution in [1.29, 1.82) is 0 Å². The number of nitrogens with one attached hydrogen (secondary N) is 1. The van der Waals surface area contributed by atoms with E-state index in [1.165, 1.54) is 6.42 Å². The number of hydrogen-bond donors (Lipinski definition) is 1. The van der Waals surface area contributed by atoms with Gasteiger partial charge in [0.15, 0.2) is 0 Å². The molecule has 1 saturated heterocycles. The summed E-state index contributed by atoms with van der Waals surface area (Å²) in [6.07, 6.45) is 2.97. The first kappa shape index (κ1) is 12.7. The van der Waals surface area contributed by atoms with Gasteiger partial charge >= 0.3 is 0 Å². The largest absolute Gasteiger partial charge is 0.468 e. The Hall–Kier alpha value is -0.800. The first-order valence-corrected chi connectivity index (χ1v) is 6.54. The van der Waals surface area contributed by atoms with Gasteiger partial charge in [0.1, 0.15) is 5.76 Å². The van der Waals surface area contributed by atoms with Crippen molar-refractivity contribution in [3.05, 3.63) is 24.2 Å². The lowest BCUT2D eigenvalue weighted by atomic mass is 9.86. The van der Waals surface area contributed by atoms with Crippen LogP contribution in [0.5, 0.6) is 0 Å². The fourth-order valence-electron chi connectivity index (χ4n) is 2.34. The van der Waals surface area contributed by atoms with E-state index in [-0.39, 0.29) is 0 Å². The monoisotopic (exact) mass is 236 g/mol. The average Bonchev–Trinajstić information content (AvgIpc) is 2.61. The van der Waals surface area contributed by atoms with E-state index in [2.05, 4.69) is 37.1 Å². The molecule has 0 spiro atoms. The van der Waals surface area contributed by atoms with Crippen molar-refractivity contribution in [2.45, 2.75) is 39.8 Å². The van der Waals surface area contributed by atoms with E-state index >= 15 is 0 Å². The van der Waals surface area contributed by atoms with Crippen LogP contribution in [0.2, 0.25) is 0 Å². The molecule has 0 aromatic carbocycles. The molecule has 2 rings (SSSR count). The van der Waals surface area contributed by atoms with Crippen molar-refractivity contribution in [2.75, 3.05) is 19.6 Å². The van der Waals surface area contributed by atoms with Crippen molar-refractivity contribution in [2.24, 2.45) is 5.41 Å². The Labute approximate surface area is 104 Å². The molecule has 1 N–H and O–H groups in total. The molecule has 0 saturated carbocycles. The maximum Gasteiger partial charge on any atom is 0.117 e. The van der Waals surface area contributed by atoms with Gasteiger partial charge in [-0.05, 0) is 37.1 Å². The molecule has 1 aliphatic rings. The number of hydrogen-bond acceptors (Lipinski definition) is 3. The van der Waals surface area contributed by atoms with Gasteiger partial charge in [0.25, 0.3) is 0 Å². The van der Waals surface area contributed by atoms with Crippen LogP contribution in [0, 0.1) is 5.41 Å². The molecule has 0 aliphatic carbocycles. The van der Waals surface area contributed by atoms with Crippen molar-refractivity contribution in [1.82, 2.24) is 10.2 Å². The fourth-order valence-corrected chi connectivity index (χ4v) is 2.34. The van der Waals surface area contributed by atoms with Gasteiger partial charge in [0.05, 0.1) is 12.8 Å². The van der Waals surface area contributed by atoms with Crippen LogP contribution in [0.25, 0.3) is 0 Å². The molecule has 17 heavy (non-hydrogen) atoms. The average molecular weight is 236 g/mol. The van der Waals surface area contributed by atoms with Crippen LogP contribution >= 0.6 is 0 Å². The normalized spacial score (nSPS) is 23.6. The van der Waals surface area contributed by atoms with Gasteiger partial charge in [-0.15, -0.1) is 0 Å². The summed E-state index contributed by atoms with van der Waals surface area (Å²) in [6.45, 7) is 11.2. The molecule has 0 amide bonds. The zero-order valence-electron chi connectivity index (χ0n) is 11.2. The summed E-state index contributed by atoms with van der Waals surface area (Å²) >= 11 is 0. The first-order chi connectivity index (χ1) is 8.05. The summed E-state index contributed by atoms with van der Waals surface area (Å²) in [4.78, 5) is 2.49. The highest BCUT2D eigenvalue weighted by molar-refractivity contribution is 4.98. The first-order valence-electron chi connectivity index (χ1n) is 6.54. The van der Waals surface area contributed by atoms with Crippen LogP contribution in [0.3, 0.4) is 0 Å². The Morgan fingerprint density at radius 3 is 2.94 bits per heavy atom. The molecule has 1 fully saturated rings. The van der Waals surface area contributed by atoms with Gasteiger partial charge in [0, 0.05) is 12.6 Å². The molecule has 2 heterocycles. The molecule has 1 unspecified atom stereocenters. The summed E-state index contributed by atoms with van der Waals surface area (Å²) in [5.41, 5.74) is 0.311. The van der Waals surface area contributed by atoms with E-state index < -0.39 is 0 Å². The van der Waals surface area contributed by atoms with Gasteiger partial charge in [-0.3, -0.25) is 4.90 Å². The SMILES string of the molecule is CC(C)(C)C1CN(Cc2ccco2)CCCN1. The second-order valence-corrected chi connectivity index (χ2v) is 6.04. The number of nitrogens with zero attached hydrogens (tertiary/aromatic N) is 1. The highest BCUT2D eigenvalue weighted by atomic mass is 16.3. The Morgan fingerprint density at radius 2 is 2.29 bits per heavy atom. The van der Waals surface area contributed by atoms with E-state index in [9.17, 15) is 0 Å². The molecule has 1 atom stereocenters. The van der Waals surface area contributed by atoms with Crippen LogP contribution in [0.1, 0.15) is 33.0 Å². The molecule has 0 bridgehead atoms. The summed E-state index contributed by atoms with van der Waals surface area (Å²) in [5, 5.41) is 3.66. The smallest absolute Gasteiger partial charge is 0.117 e. The fraction of sp³-hybridized carbons (Fsp3) is 0.714. The van der Waals surface area contributed by atoms with Gasteiger partial charge < -0.3 is 9.73 Å². The van der Waals surface area contributed by atoms with Crippen LogP contribution in [0.15, 0.2) is 22.8 Å². The van der Waals surface area contributed by atoms with Crippen LogP contribution in [0.4, 0.5) is 0 Å². The van der Waals surface area contributed by atoms with E-state index in [1.54, 1.807) is 6.26 Å². The van der Waals surface area contributed by atoms with Crippen LogP contribution in [-0.2, 0) is 6.54 Å². The maximum atomic E-state index is 5.44. The van der Waals surface area contributed by atoms with Gasteiger partial charge in [-0.25, -0.2) is 0 Å².